The predicted octanol–water partition coefficient (Wildman–Crippen LogP) is 4.38. The quantitative estimate of drug-likeness (QED) is 0.812. The lowest BCUT2D eigenvalue weighted by Crippen LogP contribution is -2.11. The summed E-state index contributed by atoms with van der Waals surface area (Å²) in [5, 5.41) is 10.4. The normalized spacial score (nSPS) is 11.8. The largest absolute Gasteiger partial charge is 0.380 e. The number of aliphatic hydroxyl groups excluding tert-OH is 1. The molecule has 0 bridgehead atoms. The van der Waals surface area contributed by atoms with Gasteiger partial charge in [0.1, 0.15) is 6.10 Å². The van der Waals surface area contributed by atoms with Gasteiger partial charge in [-0.1, -0.05) is 67.6 Å². The van der Waals surface area contributed by atoms with Gasteiger partial charge in [0.2, 0.25) is 0 Å². The van der Waals surface area contributed by atoms with E-state index in [2.05, 4.69) is 11.8 Å². The van der Waals surface area contributed by atoms with Crippen LogP contribution in [-0.2, 0) is 0 Å². The van der Waals surface area contributed by atoms with Crippen LogP contribution in [0.15, 0.2) is 48.5 Å². The fraction of sp³-hybridized carbons (Fsp3) is 0.222. The Kier molecular flexibility index (Phi) is 4.84. The van der Waals surface area contributed by atoms with E-state index in [1.165, 1.54) is 0 Å². The molecule has 2 aromatic rings. The first-order valence-corrected chi connectivity index (χ1v) is 7.00. The van der Waals surface area contributed by atoms with Crippen LogP contribution in [0.2, 0.25) is 5.02 Å². The number of aliphatic hydroxyl groups is 1. The van der Waals surface area contributed by atoms with Gasteiger partial charge in [-0.2, -0.15) is 0 Å². The average molecular weight is 285 g/mol. The summed E-state index contributed by atoms with van der Waals surface area (Å²) < 4.78 is 0. The van der Waals surface area contributed by atoms with E-state index in [4.69, 9.17) is 11.6 Å². The van der Waals surface area contributed by atoms with Crippen LogP contribution in [0.25, 0.3) is 11.1 Å². The van der Waals surface area contributed by atoms with Crippen molar-refractivity contribution < 1.29 is 5.11 Å². The minimum Gasteiger partial charge on any atom is -0.380 e. The molecule has 0 aromatic heterocycles. The molecule has 102 valence electrons. The Labute approximate surface area is 125 Å². The Morgan fingerprint density at radius 2 is 1.65 bits per heavy atom. The molecule has 1 N–H and O–H groups in total. The molecule has 0 fully saturated rings. The summed E-state index contributed by atoms with van der Waals surface area (Å²) in [7, 11) is 0. The van der Waals surface area contributed by atoms with Gasteiger partial charge in [0.05, 0.1) is 0 Å². The van der Waals surface area contributed by atoms with Gasteiger partial charge in [-0.05, 0) is 29.7 Å². The fourth-order valence-electron chi connectivity index (χ4n) is 1.75. The van der Waals surface area contributed by atoms with Crippen LogP contribution in [0, 0.1) is 17.8 Å². The summed E-state index contributed by atoms with van der Waals surface area (Å²) in [6, 6.07) is 15.6. The van der Waals surface area contributed by atoms with Gasteiger partial charge in [0.15, 0.2) is 0 Å². The van der Waals surface area contributed by atoms with Gasteiger partial charge in [-0.3, -0.25) is 0 Å². The topological polar surface area (TPSA) is 20.2 Å². The summed E-state index contributed by atoms with van der Waals surface area (Å²) in [5.41, 5.74) is 2.96. The van der Waals surface area contributed by atoms with Gasteiger partial charge >= 0.3 is 0 Å². The molecule has 1 unspecified atom stereocenters. The first kappa shape index (κ1) is 14.7. The minimum atomic E-state index is -0.585. The monoisotopic (exact) mass is 284 g/mol. The van der Waals surface area contributed by atoms with Crippen LogP contribution in [0.1, 0.15) is 19.4 Å². The molecule has 1 atom stereocenters. The SMILES string of the molecule is CC(C)C(O)C#Cc1ccc(-c2ccccc2Cl)cc1. The number of benzene rings is 2. The Balaban J connectivity index is 2.21. The Hall–Kier alpha value is -1.75. The third-order valence-electron chi connectivity index (χ3n) is 3.07. The van der Waals surface area contributed by atoms with E-state index in [0.29, 0.717) is 0 Å². The highest BCUT2D eigenvalue weighted by atomic mass is 35.5. The Bertz CT molecular complexity index is 632. The summed E-state index contributed by atoms with van der Waals surface area (Å²) in [6.45, 7) is 3.89. The van der Waals surface area contributed by atoms with E-state index in [-0.39, 0.29) is 5.92 Å². The van der Waals surface area contributed by atoms with Crippen molar-refractivity contribution in [2.75, 3.05) is 0 Å². The highest BCUT2D eigenvalue weighted by Crippen LogP contribution is 2.27. The van der Waals surface area contributed by atoms with Gasteiger partial charge in [-0.25, -0.2) is 0 Å². The van der Waals surface area contributed by atoms with Crippen LogP contribution in [-0.4, -0.2) is 11.2 Å². The summed E-state index contributed by atoms with van der Waals surface area (Å²) in [5.74, 6) is 5.98. The fourth-order valence-corrected chi connectivity index (χ4v) is 2.00. The van der Waals surface area contributed by atoms with Crippen molar-refractivity contribution in [3.63, 3.8) is 0 Å². The molecule has 0 spiro atoms. The number of rotatable bonds is 2. The van der Waals surface area contributed by atoms with Crippen molar-refractivity contribution in [3.05, 3.63) is 59.1 Å². The Morgan fingerprint density at radius 3 is 2.25 bits per heavy atom. The number of hydrogen-bond donors (Lipinski definition) is 1. The summed E-state index contributed by atoms with van der Waals surface area (Å²) in [4.78, 5) is 0. The molecule has 2 heteroatoms. The number of halogens is 1. The van der Waals surface area contributed by atoms with Crippen LogP contribution >= 0.6 is 11.6 Å². The van der Waals surface area contributed by atoms with Gasteiger partial charge in [0, 0.05) is 16.1 Å². The zero-order chi connectivity index (χ0) is 14.5. The third kappa shape index (κ3) is 3.63. The predicted molar refractivity (Wildman–Crippen MR) is 84.6 cm³/mol. The molecular formula is C18H17ClO. The van der Waals surface area contributed by atoms with E-state index in [1.807, 2.05) is 62.4 Å². The lowest BCUT2D eigenvalue weighted by atomic mass is 10.0. The highest BCUT2D eigenvalue weighted by molar-refractivity contribution is 6.33. The first-order chi connectivity index (χ1) is 9.58. The zero-order valence-corrected chi connectivity index (χ0v) is 12.4. The van der Waals surface area contributed by atoms with Crippen LogP contribution in [0.3, 0.4) is 0 Å². The maximum absolute atomic E-state index is 9.67. The molecule has 0 heterocycles. The van der Waals surface area contributed by atoms with Gasteiger partial charge < -0.3 is 5.11 Å². The maximum atomic E-state index is 9.67. The van der Waals surface area contributed by atoms with E-state index >= 15 is 0 Å². The smallest absolute Gasteiger partial charge is 0.117 e. The summed E-state index contributed by atoms with van der Waals surface area (Å²) in [6.07, 6.45) is -0.585. The maximum Gasteiger partial charge on any atom is 0.117 e. The van der Waals surface area contributed by atoms with Crippen LogP contribution in [0.5, 0.6) is 0 Å². The van der Waals surface area contributed by atoms with E-state index in [9.17, 15) is 5.11 Å². The van der Waals surface area contributed by atoms with Crippen molar-refractivity contribution >= 4 is 11.6 Å². The molecule has 0 aliphatic rings. The van der Waals surface area contributed by atoms with E-state index in [0.717, 1.165) is 21.7 Å². The molecule has 20 heavy (non-hydrogen) atoms. The van der Waals surface area contributed by atoms with Crippen molar-refractivity contribution in [2.45, 2.75) is 20.0 Å². The van der Waals surface area contributed by atoms with Gasteiger partial charge in [0.25, 0.3) is 0 Å². The van der Waals surface area contributed by atoms with E-state index < -0.39 is 6.10 Å². The second-order valence-electron chi connectivity index (χ2n) is 5.02. The molecule has 0 aliphatic heterocycles. The van der Waals surface area contributed by atoms with Crippen molar-refractivity contribution in [2.24, 2.45) is 5.92 Å². The van der Waals surface area contributed by atoms with Crippen LogP contribution in [0.4, 0.5) is 0 Å². The Morgan fingerprint density at radius 1 is 1.00 bits per heavy atom. The first-order valence-electron chi connectivity index (χ1n) is 6.62. The van der Waals surface area contributed by atoms with Crippen molar-refractivity contribution in [1.82, 2.24) is 0 Å². The molecule has 1 nitrogen and oxygen atoms in total. The van der Waals surface area contributed by atoms with E-state index in [1.54, 1.807) is 0 Å². The lowest BCUT2D eigenvalue weighted by molar-refractivity contribution is 0.181. The molecule has 2 rings (SSSR count). The zero-order valence-electron chi connectivity index (χ0n) is 11.6. The second kappa shape index (κ2) is 6.61. The van der Waals surface area contributed by atoms with Crippen molar-refractivity contribution in [1.29, 1.82) is 0 Å². The molecule has 2 aromatic carbocycles. The molecule has 0 saturated heterocycles. The summed E-state index contributed by atoms with van der Waals surface area (Å²) >= 11 is 6.18. The van der Waals surface area contributed by atoms with Crippen LogP contribution < -0.4 is 0 Å². The molecule has 0 saturated carbocycles. The highest BCUT2D eigenvalue weighted by Gasteiger charge is 2.04. The minimum absolute atomic E-state index is 0.143. The molecule has 0 amide bonds. The second-order valence-corrected chi connectivity index (χ2v) is 5.42. The molecule has 0 aliphatic carbocycles. The number of hydrogen-bond acceptors (Lipinski definition) is 1. The molecule has 0 radical (unpaired) electrons. The third-order valence-corrected chi connectivity index (χ3v) is 3.40. The van der Waals surface area contributed by atoms with Gasteiger partial charge in [-0.15, -0.1) is 0 Å². The molecular weight excluding hydrogens is 268 g/mol. The standard InChI is InChI=1S/C18H17ClO/c1-13(2)18(20)12-9-14-7-10-15(11-8-14)16-5-3-4-6-17(16)19/h3-8,10-11,13,18,20H,1-2H3. The van der Waals surface area contributed by atoms with Crippen molar-refractivity contribution in [3.8, 4) is 23.0 Å². The average Bonchev–Trinajstić information content (AvgIpc) is 2.46. The lowest BCUT2D eigenvalue weighted by Gasteiger charge is -2.06.